The molecule has 0 N–H and O–H groups in total. The third-order valence-electron chi connectivity index (χ3n) is 5.78. The van der Waals surface area contributed by atoms with Gasteiger partial charge in [-0.1, -0.05) is 96.6 Å². The Morgan fingerprint density at radius 1 is 0.694 bits per heavy atom. The number of esters is 1. The summed E-state index contributed by atoms with van der Waals surface area (Å²) in [6.45, 7) is 3.42. The van der Waals surface area contributed by atoms with Gasteiger partial charge in [0.05, 0.1) is 5.69 Å². The predicted octanol–water partition coefficient (Wildman–Crippen LogP) is 7.25. The van der Waals surface area contributed by atoms with Crippen molar-refractivity contribution >= 4 is 52.0 Å². The molecular weight excluding hydrogens is 463 g/mol. The third-order valence-corrected chi connectivity index (χ3v) is 8.20. The maximum absolute atomic E-state index is 11.8. The fourth-order valence-electron chi connectivity index (χ4n) is 4.08. The average molecular weight is 489 g/mol. The smallest absolute Gasteiger partial charge is 0.308 e. The van der Waals surface area contributed by atoms with Crippen molar-refractivity contribution in [1.29, 1.82) is 0 Å². The van der Waals surface area contributed by atoms with Crippen LogP contribution in [0.5, 0.6) is 5.75 Å². The number of carbonyl (C=O) groups excluding carboxylic acids is 1. The van der Waals surface area contributed by atoms with Gasteiger partial charge in [-0.15, -0.1) is 5.11 Å². The van der Waals surface area contributed by atoms with Gasteiger partial charge in [-0.2, -0.15) is 5.11 Å². The zero-order chi connectivity index (χ0) is 24.9. The van der Waals surface area contributed by atoms with E-state index in [2.05, 4.69) is 77.0 Å². The average Bonchev–Trinajstić information content (AvgIpc) is 2.90. The second kappa shape index (κ2) is 10.6. The van der Waals surface area contributed by atoms with Crippen molar-refractivity contribution in [3.05, 3.63) is 121 Å². The summed E-state index contributed by atoms with van der Waals surface area (Å²) in [5, 5.41) is 14.7. The van der Waals surface area contributed by atoms with Gasteiger partial charge in [0, 0.05) is 12.3 Å². The first kappa shape index (κ1) is 23.6. The summed E-state index contributed by atoms with van der Waals surface area (Å²) in [6.07, 6.45) is 0. The van der Waals surface area contributed by atoms with E-state index in [0.29, 0.717) is 11.4 Å². The minimum atomic E-state index is -0.737. The van der Waals surface area contributed by atoms with Crippen molar-refractivity contribution in [2.75, 3.05) is 0 Å². The Balaban J connectivity index is 1.63. The second-order valence-electron chi connectivity index (χ2n) is 8.45. The van der Waals surface area contributed by atoms with Crippen LogP contribution in [0.1, 0.15) is 12.5 Å². The van der Waals surface area contributed by atoms with Crippen LogP contribution in [0.25, 0.3) is 10.8 Å². The van der Waals surface area contributed by atoms with Gasteiger partial charge in [-0.25, -0.2) is 0 Å². The van der Waals surface area contributed by atoms with E-state index in [-0.39, 0.29) is 0 Å². The van der Waals surface area contributed by atoms with Crippen molar-refractivity contribution < 1.29 is 9.53 Å². The number of hydrogen-bond donors (Lipinski definition) is 0. The summed E-state index contributed by atoms with van der Waals surface area (Å²) < 4.78 is 5.49. The number of carbonyl (C=O) groups is 1. The fraction of sp³-hybridized carbons (Fsp3) is 0.0645. The molecule has 0 fully saturated rings. The lowest BCUT2D eigenvalue weighted by atomic mass is 10.1. The van der Waals surface area contributed by atoms with Crippen LogP contribution in [0.2, 0.25) is 0 Å². The molecule has 176 valence electrons. The van der Waals surface area contributed by atoms with Crippen LogP contribution in [0.3, 0.4) is 0 Å². The molecule has 4 nitrogen and oxygen atoms in total. The molecule has 5 aromatic carbocycles. The number of nitrogens with zero attached hydrogens (tertiary/aromatic N) is 2. The molecule has 0 aliphatic carbocycles. The second-order valence-corrected chi connectivity index (χ2v) is 10.7. The van der Waals surface area contributed by atoms with Crippen LogP contribution in [0.4, 0.5) is 11.4 Å². The minimum absolute atomic E-state index is 0.394. The molecule has 5 heteroatoms. The van der Waals surface area contributed by atoms with E-state index >= 15 is 0 Å². The molecule has 0 amide bonds. The van der Waals surface area contributed by atoms with Gasteiger partial charge in [0.25, 0.3) is 0 Å². The maximum atomic E-state index is 11.8. The standard InChI is InChI=1S/C31H25N2O2P/c1-22-13-16-25(17-14-22)32-33-31-29-19-18-28(21-24(29)15-20-30(31)35-23(2)34)36(26-9-5-3-6-10-26)27-11-7-4-8-12-27/h3-21H,1-2H3. The monoisotopic (exact) mass is 488 g/mol. The van der Waals surface area contributed by atoms with Gasteiger partial charge < -0.3 is 4.74 Å². The highest BCUT2D eigenvalue weighted by molar-refractivity contribution is 7.79. The Morgan fingerprint density at radius 2 is 1.33 bits per heavy atom. The van der Waals surface area contributed by atoms with E-state index < -0.39 is 13.9 Å². The molecule has 5 rings (SSSR count). The molecule has 0 radical (unpaired) electrons. The molecule has 0 aromatic heterocycles. The van der Waals surface area contributed by atoms with Crippen molar-refractivity contribution in [2.45, 2.75) is 13.8 Å². The van der Waals surface area contributed by atoms with E-state index in [4.69, 9.17) is 4.74 Å². The van der Waals surface area contributed by atoms with Gasteiger partial charge in [-0.05, 0) is 60.4 Å². The third kappa shape index (κ3) is 5.25. The first-order chi connectivity index (χ1) is 17.6. The first-order valence-corrected chi connectivity index (χ1v) is 13.1. The Hall–Kier alpha value is -4.14. The molecule has 0 unspecified atom stereocenters. The topological polar surface area (TPSA) is 51.0 Å². The number of ether oxygens (including phenoxy) is 1. The summed E-state index contributed by atoms with van der Waals surface area (Å²) in [5.74, 6) is 0.00132. The Bertz CT molecular complexity index is 1490. The van der Waals surface area contributed by atoms with E-state index in [0.717, 1.165) is 22.0 Å². The molecular formula is C31H25N2O2P. The van der Waals surface area contributed by atoms with Crippen LogP contribution < -0.4 is 20.7 Å². The number of azo groups is 1. The van der Waals surface area contributed by atoms with Gasteiger partial charge in [0.1, 0.15) is 5.69 Å². The highest BCUT2D eigenvalue weighted by atomic mass is 31.1. The van der Waals surface area contributed by atoms with Gasteiger partial charge >= 0.3 is 5.97 Å². The minimum Gasteiger partial charge on any atom is -0.424 e. The molecule has 0 heterocycles. The zero-order valence-electron chi connectivity index (χ0n) is 20.1. The summed E-state index contributed by atoms with van der Waals surface area (Å²) in [6, 6.07) is 39.2. The SMILES string of the molecule is CC(=O)Oc1ccc2cc(P(c3ccccc3)c3ccccc3)ccc2c1N=Nc1ccc(C)cc1. The van der Waals surface area contributed by atoms with Crippen molar-refractivity contribution in [3.8, 4) is 5.75 Å². The Morgan fingerprint density at radius 3 is 1.94 bits per heavy atom. The molecule has 36 heavy (non-hydrogen) atoms. The molecule has 0 saturated heterocycles. The summed E-state index contributed by atoms with van der Waals surface area (Å²) in [7, 11) is -0.737. The van der Waals surface area contributed by atoms with Crippen LogP contribution in [0, 0.1) is 6.92 Å². The fourth-order valence-corrected chi connectivity index (χ4v) is 6.41. The molecule has 0 saturated carbocycles. The lowest BCUT2D eigenvalue weighted by Crippen LogP contribution is -2.20. The molecule has 0 spiro atoms. The number of hydrogen-bond acceptors (Lipinski definition) is 4. The summed E-state index contributed by atoms with van der Waals surface area (Å²) in [5.41, 5.74) is 2.43. The van der Waals surface area contributed by atoms with Gasteiger partial charge in [0.2, 0.25) is 0 Å². The molecule has 0 bridgehead atoms. The zero-order valence-corrected chi connectivity index (χ0v) is 21.0. The lowest BCUT2D eigenvalue weighted by Gasteiger charge is -2.20. The summed E-state index contributed by atoms with van der Waals surface area (Å²) in [4.78, 5) is 11.8. The Labute approximate surface area is 212 Å². The quantitative estimate of drug-likeness (QED) is 0.109. The van der Waals surface area contributed by atoms with Gasteiger partial charge in [-0.3, -0.25) is 4.79 Å². The molecule has 0 aliphatic heterocycles. The summed E-state index contributed by atoms with van der Waals surface area (Å²) >= 11 is 0. The molecule has 0 aliphatic rings. The van der Waals surface area contributed by atoms with Crippen LogP contribution >= 0.6 is 7.92 Å². The number of fused-ring (bicyclic) bond motifs is 1. The van der Waals surface area contributed by atoms with E-state index in [1.54, 1.807) is 6.07 Å². The molecule has 0 atom stereocenters. The normalized spacial score (nSPS) is 11.3. The van der Waals surface area contributed by atoms with E-state index in [9.17, 15) is 4.79 Å². The van der Waals surface area contributed by atoms with Crippen molar-refractivity contribution in [1.82, 2.24) is 0 Å². The van der Waals surface area contributed by atoms with Crippen molar-refractivity contribution in [3.63, 3.8) is 0 Å². The molecule has 5 aromatic rings. The lowest BCUT2D eigenvalue weighted by molar-refractivity contribution is -0.131. The van der Waals surface area contributed by atoms with Gasteiger partial charge in [0.15, 0.2) is 5.75 Å². The van der Waals surface area contributed by atoms with E-state index in [1.165, 1.54) is 22.8 Å². The first-order valence-electron chi connectivity index (χ1n) is 11.7. The predicted molar refractivity (Wildman–Crippen MR) is 149 cm³/mol. The maximum Gasteiger partial charge on any atom is 0.308 e. The van der Waals surface area contributed by atoms with Crippen LogP contribution in [0.15, 0.2) is 125 Å². The Kier molecular flexibility index (Phi) is 6.97. The van der Waals surface area contributed by atoms with Crippen LogP contribution in [-0.4, -0.2) is 5.97 Å². The largest absolute Gasteiger partial charge is 0.424 e. The highest BCUT2D eigenvalue weighted by Crippen LogP contribution is 2.39. The van der Waals surface area contributed by atoms with E-state index in [1.807, 2.05) is 49.4 Å². The number of benzene rings is 5. The number of aryl methyl sites for hydroxylation is 1. The van der Waals surface area contributed by atoms with Crippen LogP contribution in [-0.2, 0) is 4.79 Å². The van der Waals surface area contributed by atoms with Crippen molar-refractivity contribution in [2.24, 2.45) is 10.2 Å². The number of rotatable bonds is 6. The highest BCUT2D eigenvalue weighted by Gasteiger charge is 2.18.